The van der Waals surface area contributed by atoms with E-state index in [0.717, 1.165) is 6.07 Å². The molecule has 1 rings (SSSR count). The monoisotopic (exact) mass is 323 g/mol. The quantitative estimate of drug-likeness (QED) is 0.447. The summed E-state index contributed by atoms with van der Waals surface area (Å²) in [5.41, 5.74) is -0.910. The molecule has 7 heteroatoms. The van der Waals surface area contributed by atoms with Gasteiger partial charge in [-0.05, 0) is 32.4 Å². The van der Waals surface area contributed by atoms with E-state index < -0.39 is 11.7 Å². The number of allylic oxidation sites excluding steroid dienone is 2. The minimum absolute atomic E-state index is 0.0107. The van der Waals surface area contributed by atoms with Gasteiger partial charge in [0.15, 0.2) is 5.78 Å². The van der Waals surface area contributed by atoms with Gasteiger partial charge in [0.05, 0.1) is 16.3 Å². The molecule has 0 atom stereocenters. The second-order valence-electron chi connectivity index (χ2n) is 4.06. The van der Waals surface area contributed by atoms with Crippen molar-refractivity contribution >= 4 is 29.1 Å². The van der Waals surface area contributed by atoms with Gasteiger partial charge in [0.25, 0.3) is 0 Å². The molecule has 0 aliphatic rings. The van der Waals surface area contributed by atoms with E-state index in [9.17, 15) is 18.0 Å². The van der Waals surface area contributed by atoms with E-state index in [1.165, 1.54) is 31.7 Å². The Balaban J connectivity index is 2.73. The molecule has 1 aromatic heterocycles. The van der Waals surface area contributed by atoms with E-state index in [4.69, 9.17) is 11.6 Å². The van der Waals surface area contributed by atoms with Crippen molar-refractivity contribution in [2.75, 3.05) is 5.75 Å². The number of hydrogen-bond donors (Lipinski definition) is 0. The molecule has 1 aromatic rings. The van der Waals surface area contributed by atoms with E-state index in [2.05, 4.69) is 4.98 Å². The number of rotatable bonds is 5. The third-order valence-corrected chi connectivity index (χ3v) is 3.74. The zero-order chi connectivity index (χ0) is 15.3. The lowest BCUT2D eigenvalue weighted by atomic mass is 10.2. The largest absolute Gasteiger partial charge is 0.418 e. The highest BCUT2D eigenvalue weighted by Gasteiger charge is 2.33. The van der Waals surface area contributed by atoms with Gasteiger partial charge in [-0.3, -0.25) is 4.79 Å². The fourth-order valence-corrected chi connectivity index (χ4v) is 2.58. The number of nitrogens with zero attached hydrogens (tertiary/aromatic N) is 1. The van der Waals surface area contributed by atoms with E-state index in [1.807, 2.05) is 0 Å². The number of alkyl halides is 3. The fourth-order valence-electron chi connectivity index (χ4n) is 1.42. The summed E-state index contributed by atoms with van der Waals surface area (Å²) in [5.74, 6) is 0.540. The van der Waals surface area contributed by atoms with Crippen LogP contribution in [0.3, 0.4) is 0 Å². The second kappa shape index (κ2) is 7.13. The molecule has 0 unspecified atom stereocenters. The number of hydrogen-bond acceptors (Lipinski definition) is 3. The first kappa shape index (κ1) is 17.0. The van der Waals surface area contributed by atoms with Crippen LogP contribution in [-0.2, 0) is 11.0 Å². The van der Waals surface area contributed by atoms with Crippen LogP contribution in [0.25, 0.3) is 0 Å². The molecule has 0 N–H and O–H groups in total. The zero-order valence-electron chi connectivity index (χ0n) is 10.9. The van der Waals surface area contributed by atoms with Gasteiger partial charge in [-0.1, -0.05) is 17.7 Å². The Morgan fingerprint density at radius 2 is 2.15 bits per heavy atom. The summed E-state index contributed by atoms with van der Waals surface area (Å²) in [6, 6.07) is 0.900. The molecule has 0 amide bonds. The Hall–Kier alpha value is -1.01. The molecule has 1 heterocycles. The lowest BCUT2D eigenvalue weighted by Gasteiger charge is -2.12. The third kappa shape index (κ3) is 5.17. The van der Waals surface area contributed by atoms with Crippen molar-refractivity contribution in [1.82, 2.24) is 4.98 Å². The molecular weight excluding hydrogens is 311 g/mol. The number of thioether (sulfide) groups is 1. The SMILES string of the molecule is CC(=O)/C=C/CCSc1nc(C)c(C(F)(F)F)cc1Cl. The number of pyridine rings is 1. The zero-order valence-corrected chi connectivity index (χ0v) is 12.5. The predicted molar refractivity (Wildman–Crippen MR) is 74.1 cm³/mol. The van der Waals surface area contributed by atoms with Crippen LogP contribution in [-0.4, -0.2) is 16.5 Å². The van der Waals surface area contributed by atoms with Gasteiger partial charge < -0.3 is 0 Å². The van der Waals surface area contributed by atoms with Gasteiger partial charge in [-0.15, -0.1) is 11.8 Å². The molecule has 0 spiro atoms. The van der Waals surface area contributed by atoms with E-state index in [1.54, 1.807) is 6.08 Å². The average Bonchev–Trinajstić information content (AvgIpc) is 2.30. The maximum atomic E-state index is 12.6. The van der Waals surface area contributed by atoms with Crippen molar-refractivity contribution in [2.45, 2.75) is 31.5 Å². The predicted octanol–water partition coefficient (Wildman–Crippen LogP) is 4.69. The standard InChI is InChI=1S/C13H13ClF3NOS/c1-8(19)5-3-4-6-20-12-11(14)7-10(9(2)18-12)13(15,16)17/h3,5,7H,4,6H2,1-2H3/b5-3+. The van der Waals surface area contributed by atoms with E-state index in [0.29, 0.717) is 17.2 Å². The number of halogens is 4. The molecule has 0 aromatic carbocycles. The van der Waals surface area contributed by atoms with Crippen LogP contribution in [0.5, 0.6) is 0 Å². The number of ketones is 1. The summed E-state index contributed by atoms with van der Waals surface area (Å²) in [7, 11) is 0. The summed E-state index contributed by atoms with van der Waals surface area (Å²) in [5, 5.41) is 0.358. The van der Waals surface area contributed by atoms with Gasteiger partial charge in [0, 0.05) is 5.75 Å². The fraction of sp³-hybridized carbons (Fsp3) is 0.385. The van der Waals surface area contributed by atoms with Crippen molar-refractivity contribution in [1.29, 1.82) is 0 Å². The van der Waals surface area contributed by atoms with Crippen molar-refractivity contribution in [3.8, 4) is 0 Å². The van der Waals surface area contributed by atoms with Crippen molar-refractivity contribution in [2.24, 2.45) is 0 Å². The first-order chi connectivity index (χ1) is 9.21. The Morgan fingerprint density at radius 3 is 2.70 bits per heavy atom. The minimum atomic E-state index is -4.45. The molecule has 0 fully saturated rings. The normalized spacial score (nSPS) is 12.1. The van der Waals surface area contributed by atoms with Crippen LogP contribution in [0.2, 0.25) is 5.02 Å². The van der Waals surface area contributed by atoms with Gasteiger partial charge in [-0.25, -0.2) is 4.98 Å². The molecular formula is C13H13ClF3NOS. The molecule has 0 aliphatic carbocycles. The van der Waals surface area contributed by atoms with Crippen LogP contribution in [0.4, 0.5) is 13.2 Å². The van der Waals surface area contributed by atoms with Crippen LogP contribution in [0, 0.1) is 6.92 Å². The summed E-state index contributed by atoms with van der Waals surface area (Å²) in [4.78, 5) is 14.6. The van der Waals surface area contributed by atoms with Crippen molar-refractivity contribution < 1.29 is 18.0 Å². The molecule has 0 aliphatic heterocycles. The van der Waals surface area contributed by atoms with Crippen molar-refractivity contribution in [3.05, 3.63) is 34.5 Å². The summed E-state index contributed by atoms with van der Waals surface area (Å²) in [6.45, 7) is 2.75. The minimum Gasteiger partial charge on any atom is -0.295 e. The van der Waals surface area contributed by atoms with Gasteiger partial charge in [0.2, 0.25) is 0 Å². The topological polar surface area (TPSA) is 30.0 Å². The molecule has 0 bridgehead atoms. The molecule has 0 saturated heterocycles. The van der Waals surface area contributed by atoms with Crippen LogP contribution >= 0.6 is 23.4 Å². The Bertz CT molecular complexity index is 529. The van der Waals surface area contributed by atoms with Gasteiger partial charge >= 0.3 is 6.18 Å². The van der Waals surface area contributed by atoms with Crippen molar-refractivity contribution in [3.63, 3.8) is 0 Å². The molecule has 0 saturated carbocycles. The maximum Gasteiger partial charge on any atom is 0.418 e. The Morgan fingerprint density at radius 1 is 1.50 bits per heavy atom. The molecule has 110 valence electrons. The summed E-state index contributed by atoms with van der Waals surface area (Å²) in [6.07, 6.45) is -0.676. The van der Waals surface area contributed by atoms with E-state index in [-0.39, 0.29) is 16.5 Å². The summed E-state index contributed by atoms with van der Waals surface area (Å²) >= 11 is 7.07. The Kier molecular flexibility index (Phi) is 6.07. The van der Waals surface area contributed by atoms with Crippen LogP contribution in [0.1, 0.15) is 24.6 Å². The number of aryl methyl sites for hydroxylation is 1. The molecule has 0 radical (unpaired) electrons. The maximum absolute atomic E-state index is 12.6. The molecule has 20 heavy (non-hydrogen) atoms. The highest BCUT2D eigenvalue weighted by molar-refractivity contribution is 7.99. The highest BCUT2D eigenvalue weighted by atomic mass is 35.5. The van der Waals surface area contributed by atoms with Gasteiger partial charge in [0.1, 0.15) is 5.03 Å². The second-order valence-corrected chi connectivity index (χ2v) is 5.55. The number of carbonyl (C=O) groups excluding carboxylic acids is 1. The lowest BCUT2D eigenvalue weighted by Crippen LogP contribution is -2.09. The first-order valence-electron chi connectivity index (χ1n) is 5.76. The smallest absolute Gasteiger partial charge is 0.295 e. The summed E-state index contributed by atoms with van der Waals surface area (Å²) < 4.78 is 37.9. The highest BCUT2D eigenvalue weighted by Crippen LogP contribution is 2.36. The van der Waals surface area contributed by atoms with Crippen LogP contribution < -0.4 is 0 Å². The lowest BCUT2D eigenvalue weighted by molar-refractivity contribution is -0.138. The molecule has 2 nitrogen and oxygen atoms in total. The average molecular weight is 324 g/mol. The third-order valence-electron chi connectivity index (χ3n) is 2.32. The van der Waals surface area contributed by atoms with Crippen LogP contribution in [0.15, 0.2) is 23.2 Å². The number of aromatic nitrogens is 1. The van der Waals surface area contributed by atoms with E-state index >= 15 is 0 Å². The number of carbonyl (C=O) groups is 1. The first-order valence-corrected chi connectivity index (χ1v) is 7.12. The Labute approximate surface area is 124 Å². The van der Waals surface area contributed by atoms with Gasteiger partial charge in [-0.2, -0.15) is 13.2 Å².